The van der Waals surface area contributed by atoms with E-state index in [4.69, 9.17) is 10.2 Å². The van der Waals surface area contributed by atoms with E-state index < -0.39 is 19.2 Å². The summed E-state index contributed by atoms with van der Waals surface area (Å²) >= 11 is 0. The third kappa shape index (κ3) is 11.4. The first-order valence-corrected chi connectivity index (χ1v) is 13.8. The molecule has 0 aliphatic heterocycles. The predicted molar refractivity (Wildman–Crippen MR) is 126 cm³/mol. The summed E-state index contributed by atoms with van der Waals surface area (Å²) in [6, 6.07) is 5.48. The van der Waals surface area contributed by atoms with Crippen molar-refractivity contribution >= 4 is 19.2 Å². The lowest BCUT2D eigenvalue weighted by atomic mass is 10.1. The zero-order valence-corrected chi connectivity index (χ0v) is 19.8. The average molecular weight is 426 g/mol. The van der Waals surface area contributed by atoms with Gasteiger partial charge in [0, 0.05) is 0 Å². The molecule has 1 aromatic rings. The van der Waals surface area contributed by atoms with Crippen LogP contribution in [0.2, 0.25) is 0 Å². The lowest BCUT2D eigenvalue weighted by Gasteiger charge is -2.37. The summed E-state index contributed by atoms with van der Waals surface area (Å²) in [6.45, 7) is 9.42. The van der Waals surface area contributed by atoms with Gasteiger partial charge in [0.1, 0.15) is 0 Å². The number of carboxylic acids is 2. The Kier molecular flexibility index (Phi) is 15.6. The Labute approximate surface area is 178 Å². The molecule has 0 saturated heterocycles. The summed E-state index contributed by atoms with van der Waals surface area (Å²) in [5, 5.41) is 17.1. The molecule has 0 unspecified atom stereocenters. The summed E-state index contributed by atoms with van der Waals surface area (Å²) in [7, 11) is -0.562. The van der Waals surface area contributed by atoms with Gasteiger partial charge in [-0.3, -0.25) is 0 Å². The van der Waals surface area contributed by atoms with Crippen LogP contribution in [0.4, 0.5) is 0 Å². The normalized spacial score (nSPS) is 10.9. The molecule has 5 heteroatoms. The second-order valence-electron chi connectivity index (χ2n) is 7.81. The molecular weight excluding hydrogens is 383 g/mol. The molecular formula is C24H42O4P. The van der Waals surface area contributed by atoms with Gasteiger partial charge in [-0.2, -0.15) is 0 Å². The first kappa shape index (κ1) is 27.6. The van der Waals surface area contributed by atoms with Gasteiger partial charge >= 0.3 is 11.9 Å². The molecule has 29 heavy (non-hydrogen) atoms. The number of hydrogen-bond donors (Lipinski definition) is 2. The molecule has 0 aliphatic carbocycles. The zero-order chi connectivity index (χ0) is 22.1. The molecule has 0 aliphatic rings. The fraction of sp³-hybridized carbons (Fsp3) is 0.667. The van der Waals surface area contributed by atoms with Crippen molar-refractivity contribution in [3.05, 3.63) is 35.4 Å². The highest BCUT2D eigenvalue weighted by molar-refractivity contribution is 7.75. The Morgan fingerprint density at radius 1 is 0.655 bits per heavy atom. The summed E-state index contributed by atoms with van der Waals surface area (Å²) in [5.74, 6) is -2.46. The minimum atomic E-state index is -1.23. The van der Waals surface area contributed by atoms with Crippen molar-refractivity contribution in [3.8, 4) is 0 Å². The number of carboxylic acid groups (broad SMARTS) is 2. The molecule has 0 atom stereocenters. The van der Waals surface area contributed by atoms with Gasteiger partial charge in [-0.25, -0.2) is 9.59 Å². The highest BCUT2D eigenvalue weighted by Gasteiger charge is 2.24. The summed E-state index contributed by atoms with van der Waals surface area (Å²) in [4.78, 5) is 20.9. The van der Waals surface area contributed by atoms with Gasteiger partial charge < -0.3 is 10.2 Å². The van der Waals surface area contributed by atoms with E-state index in [2.05, 4.69) is 27.7 Å². The van der Waals surface area contributed by atoms with Gasteiger partial charge in [0.05, 0.1) is 11.1 Å². The number of rotatable bonds is 14. The van der Waals surface area contributed by atoms with Crippen molar-refractivity contribution in [1.82, 2.24) is 0 Å². The average Bonchev–Trinajstić information content (AvgIpc) is 2.73. The van der Waals surface area contributed by atoms with E-state index in [1.165, 1.54) is 75.6 Å². The van der Waals surface area contributed by atoms with Crippen LogP contribution in [-0.4, -0.2) is 46.8 Å². The van der Waals surface area contributed by atoms with Crippen molar-refractivity contribution in [1.29, 1.82) is 0 Å². The van der Waals surface area contributed by atoms with Crippen LogP contribution in [0.1, 0.15) is 99.8 Å². The molecule has 1 aromatic carbocycles. The van der Waals surface area contributed by atoms with Crippen molar-refractivity contribution in [2.24, 2.45) is 0 Å². The quantitative estimate of drug-likeness (QED) is 0.307. The third-order valence-electron chi connectivity index (χ3n) is 5.33. The second-order valence-corrected chi connectivity index (χ2v) is 12.3. The summed E-state index contributed by atoms with van der Waals surface area (Å²) < 4.78 is 0. The third-order valence-corrected chi connectivity index (χ3v) is 10.4. The van der Waals surface area contributed by atoms with Crippen LogP contribution in [-0.2, 0) is 0 Å². The molecule has 0 fully saturated rings. The molecule has 0 amide bonds. The maximum atomic E-state index is 10.5. The van der Waals surface area contributed by atoms with Crippen molar-refractivity contribution < 1.29 is 19.8 Å². The van der Waals surface area contributed by atoms with E-state index in [9.17, 15) is 9.59 Å². The SMILES string of the molecule is CCCC[P](CCCC)(CCCC)CCCC.O=C(O)c1ccccc1C(=O)O. The fourth-order valence-corrected chi connectivity index (χ4v) is 8.79. The van der Waals surface area contributed by atoms with E-state index in [-0.39, 0.29) is 11.1 Å². The van der Waals surface area contributed by atoms with Gasteiger partial charge in [0.25, 0.3) is 0 Å². The second kappa shape index (κ2) is 16.4. The van der Waals surface area contributed by atoms with E-state index in [0.29, 0.717) is 0 Å². The van der Waals surface area contributed by atoms with Gasteiger partial charge in [-0.05, 0) is 62.5 Å². The topological polar surface area (TPSA) is 74.6 Å². The van der Waals surface area contributed by atoms with Crippen molar-refractivity contribution in [2.45, 2.75) is 79.1 Å². The summed E-state index contributed by atoms with van der Waals surface area (Å²) in [6.07, 6.45) is 17.9. The van der Waals surface area contributed by atoms with E-state index >= 15 is 0 Å². The van der Waals surface area contributed by atoms with Crippen LogP contribution < -0.4 is 0 Å². The number of hydrogen-bond acceptors (Lipinski definition) is 2. The number of benzene rings is 1. The highest BCUT2D eigenvalue weighted by Crippen LogP contribution is 2.61. The van der Waals surface area contributed by atoms with Gasteiger partial charge in [-0.15, -0.1) is 7.26 Å². The van der Waals surface area contributed by atoms with Gasteiger partial charge in [0.2, 0.25) is 0 Å². The summed E-state index contributed by atoms with van der Waals surface area (Å²) in [5.41, 5.74) is -0.380. The van der Waals surface area contributed by atoms with E-state index in [1.54, 1.807) is 24.6 Å². The Morgan fingerprint density at radius 3 is 1.14 bits per heavy atom. The molecule has 0 bridgehead atoms. The van der Waals surface area contributed by atoms with Crippen LogP contribution >= 0.6 is 7.26 Å². The zero-order valence-electron chi connectivity index (χ0n) is 19.0. The van der Waals surface area contributed by atoms with Gasteiger partial charge in [-0.1, -0.05) is 65.5 Å². The maximum absolute atomic E-state index is 10.5. The maximum Gasteiger partial charge on any atom is 0.336 e. The molecule has 1 radical (unpaired) electrons. The first-order chi connectivity index (χ1) is 13.9. The van der Waals surface area contributed by atoms with E-state index in [0.717, 1.165) is 0 Å². The van der Waals surface area contributed by atoms with Gasteiger partial charge in [0.15, 0.2) is 0 Å². The molecule has 167 valence electrons. The van der Waals surface area contributed by atoms with Crippen molar-refractivity contribution in [3.63, 3.8) is 0 Å². The Balaban J connectivity index is 0.000000571. The lowest BCUT2D eigenvalue weighted by molar-refractivity contribution is 0.0651. The highest BCUT2D eigenvalue weighted by atomic mass is 31.2. The van der Waals surface area contributed by atoms with Crippen LogP contribution in [0.5, 0.6) is 0 Å². The molecule has 0 heterocycles. The Bertz CT molecular complexity index is 515. The molecule has 2 N–H and O–H groups in total. The van der Waals surface area contributed by atoms with E-state index in [1.807, 2.05) is 0 Å². The minimum Gasteiger partial charge on any atom is -0.478 e. The van der Waals surface area contributed by atoms with Crippen LogP contribution in [0.15, 0.2) is 24.3 Å². The smallest absolute Gasteiger partial charge is 0.336 e. The predicted octanol–water partition coefficient (Wildman–Crippen LogP) is 7.29. The monoisotopic (exact) mass is 425 g/mol. The minimum absolute atomic E-state index is 0.190. The number of carbonyl (C=O) groups is 2. The molecule has 1 rings (SSSR count). The molecule has 0 aromatic heterocycles. The van der Waals surface area contributed by atoms with Crippen molar-refractivity contribution in [2.75, 3.05) is 24.6 Å². The first-order valence-electron chi connectivity index (χ1n) is 11.3. The standard InChI is InChI=1S/C16H36P.C8H6O4/c1-5-9-13-17(14-10-6-2,15-11-7-3)16-12-8-4;9-7(10)5-3-1-2-4-6(5)8(11)12/h5-16H2,1-4H3;1-4H,(H,9,10)(H,11,12). The van der Waals surface area contributed by atoms with Crippen LogP contribution in [0, 0.1) is 0 Å². The number of aromatic carboxylic acids is 2. The Morgan fingerprint density at radius 2 is 0.931 bits per heavy atom. The molecule has 4 nitrogen and oxygen atoms in total. The van der Waals surface area contributed by atoms with Crippen LogP contribution in [0.25, 0.3) is 0 Å². The molecule has 0 saturated carbocycles. The van der Waals surface area contributed by atoms with Crippen LogP contribution in [0.3, 0.4) is 0 Å². The fourth-order valence-electron chi connectivity index (χ4n) is 3.50. The lowest BCUT2D eigenvalue weighted by Crippen LogP contribution is -2.12. The number of unbranched alkanes of at least 4 members (excludes halogenated alkanes) is 4. The largest absolute Gasteiger partial charge is 0.478 e. The Hall–Kier alpha value is -1.41. The molecule has 0 spiro atoms.